The summed E-state index contributed by atoms with van der Waals surface area (Å²) in [6.45, 7) is 4.71. The molecule has 2 rings (SSSR count). The van der Waals surface area contributed by atoms with Gasteiger partial charge in [0.2, 0.25) is 5.91 Å². The van der Waals surface area contributed by atoms with Crippen molar-refractivity contribution in [3.05, 3.63) is 48.0 Å². The van der Waals surface area contributed by atoms with Crippen molar-refractivity contribution in [1.82, 2.24) is 4.90 Å². The van der Waals surface area contributed by atoms with Crippen molar-refractivity contribution in [3.63, 3.8) is 0 Å². The third-order valence-electron chi connectivity index (χ3n) is 3.70. The molecule has 2 nitrogen and oxygen atoms in total. The van der Waals surface area contributed by atoms with Crippen LogP contribution in [0, 0.1) is 5.92 Å². The minimum absolute atomic E-state index is 0.0972. The normalized spacial score (nSPS) is 12.4. The maximum Gasteiger partial charge on any atom is 0.225 e. The van der Waals surface area contributed by atoms with E-state index in [2.05, 4.69) is 30.3 Å². The van der Waals surface area contributed by atoms with E-state index in [1.54, 1.807) is 0 Å². The monoisotopic (exact) mass is 255 g/mol. The molecule has 1 atom stereocenters. The summed E-state index contributed by atoms with van der Waals surface area (Å²) in [5.74, 6) is 0.315. The van der Waals surface area contributed by atoms with E-state index in [1.165, 1.54) is 16.3 Å². The van der Waals surface area contributed by atoms with Gasteiger partial charge in [-0.05, 0) is 22.8 Å². The molecule has 0 heterocycles. The van der Waals surface area contributed by atoms with Crippen LogP contribution < -0.4 is 0 Å². The summed E-state index contributed by atoms with van der Waals surface area (Å²) in [4.78, 5) is 14.0. The highest BCUT2D eigenvalue weighted by Crippen LogP contribution is 2.20. The van der Waals surface area contributed by atoms with Crippen LogP contribution in [0.4, 0.5) is 0 Å². The van der Waals surface area contributed by atoms with Crippen molar-refractivity contribution >= 4 is 16.7 Å². The number of rotatable bonds is 4. The van der Waals surface area contributed by atoms with E-state index in [9.17, 15) is 4.79 Å². The highest BCUT2D eigenvalue weighted by atomic mass is 16.2. The lowest BCUT2D eigenvalue weighted by Crippen LogP contribution is -2.31. The second-order valence-electron chi connectivity index (χ2n) is 5.14. The molecule has 2 heteroatoms. The Morgan fingerprint density at radius 3 is 2.58 bits per heavy atom. The van der Waals surface area contributed by atoms with Gasteiger partial charge in [-0.2, -0.15) is 0 Å². The molecular formula is C17H21NO. The van der Waals surface area contributed by atoms with Gasteiger partial charge in [-0.25, -0.2) is 0 Å². The van der Waals surface area contributed by atoms with Crippen molar-refractivity contribution in [3.8, 4) is 0 Å². The molecule has 0 aromatic heterocycles. The van der Waals surface area contributed by atoms with E-state index in [4.69, 9.17) is 0 Å². The average molecular weight is 255 g/mol. The van der Waals surface area contributed by atoms with Crippen molar-refractivity contribution in [2.75, 3.05) is 7.05 Å². The van der Waals surface area contributed by atoms with Gasteiger partial charge in [0.05, 0.1) is 0 Å². The van der Waals surface area contributed by atoms with Crippen LogP contribution in [0.1, 0.15) is 25.8 Å². The molecule has 19 heavy (non-hydrogen) atoms. The van der Waals surface area contributed by atoms with Gasteiger partial charge < -0.3 is 4.90 Å². The zero-order valence-corrected chi connectivity index (χ0v) is 11.9. The first-order valence-corrected chi connectivity index (χ1v) is 6.85. The van der Waals surface area contributed by atoms with E-state index in [-0.39, 0.29) is 11.8 Å². The maximum atomic E-state index is 12.1. The van der Waals surface area contributed by atoms with Crippen molar-refractivity contribution in [1.29, 1.82) is 0 Å². The maximum absolute atomic E-state index is 12.1. The number of hydrogen-bond donors (Lipinski definition) is 0. The Labute approximate surface area is 115 Å². The van der Waals surface area contributed by atoms with E-state index in [0.29, 0.717) is 6.54 Å². The molecular weight excluding hydrogens is 234 g/mol. The highest BCUT2D eigenvalue weighted by molar-refractivity contribution is 5.86. The van der Waals surface area contributed by atoms with Gasteiger partial charge in [0.1, 0.15) is 0 Å². The summed E-state index contributed by atoms with van der Waals surface area (Å²) in [6, 6.07) is 14.6. The Balaban J connectivity index is 2.24. The summed E-state index contributed by atoms with van der Waals surface area (Å²) < 4.78 is 0. The fourth-order valence-corrected chi connectivity index (χ4v) is 2.31. The predicted molar refractivity (Wildman–Crippen MR) is 79.9 cm³/mol. The molecule has 0 saturated carbocycles. The molecule has 100 valence electrons. The second-order valence-corrected chi connectivity index (χ2v) is 5.14. The first-order chi connectivity index (χ1) is 9.13. The lowest BCUT2D eigenvalue weighted by molar-refractivity contribution is -0.134. The van der Waals surface area contributed by atoms with Crippen LogP contribution in [0.25, 0.3) is 10.8 Å². The Morgan fingerprint density at radius 1 is 1.16 bits per heavy atom. The average Bonchev–Trinajstić information content (AvgIpc) is 2.46. The summed E-state index contributed by atoms with van der Waals surface area (Å²) in [5, 5.41) is 2.46. The number of hydrogen-bond acceptors (Lipinski definition) is 1. The number of carbonyl (C=O) groups is 1. The molecule has 0 aliphatic heterocycles. The third kappa shape index (κ3) is 2.95. The van der Waals surface area contributed by atoms with Crippen molar-refractivity contribution < 1.29 is 4.79 Å². The Morgan fingerprint density at radius 2 is 1.84 bits per heavy atom. The molecule has 0 aliphatic carbocycles. The summed E-state index contributed by atoms with van der Waals surface area (Å²) in [5.41, 5.74) is 1.21. The van der Waals surface area contributed by atoms with Crippen LogP contribution in [0.15, 0.2) is 42.5 Å². The molecule has 1 unspecified atom stereocenters. The first kappa shape index (κ1) is 13.6. The Bertz CT molecular complexity index is 571. The SMILES string of the molecule is CCC(C)C(=O)N(C)Cc1cccc2ccccc12. The van der Waals surface area contributed by atoms with Crippen LogP contribution in [0.5, 0.6) is 0 Å². The molecule has 1 amide bonds. The molecule has 0 aliphatic rings. The largest absolute Gasteiger partial charge is 0.341 e. The third-order valence-corrected chi connectivity index (χ3v) is 3.70. The fraction of sp³-hybridized carbons (Fsp3) is 0.353. The lowest BCUT2D eigenvalue weighted by atomic mass is 10.0. The topological polar surface area (TPSA) is 20.3 Å². The molecule has 2 aromatic rings. The number of fused-ring (bicyclic) bond motifs is 1. The van der Waals surface area contributed by atoms with Gasteiger partial charge in [0, 0.05) is 19.5 Å². The highest BCUT2D eigenvalue weighted by Gasteiger charge is 2.16. The van der Waals surface area contributed by atoms with Crippen molar-refractivity contribution in [2.45, 2.75) is 26.8 Å². The molecule has 0 fully saturated rings. The van der Waals surface area contributed by atoms with Crippen molar-refractivity contribution in [2.24, 2.45) is 5.92 Å². The Kier molecular flexibility index (Phi) is 4.20. The minimum atomic E-state index is 0.0972. The Hall–Kier alpha value is -1.83. The molecule has 0 N–H and O–H groups in total. The summed E-state index contributed by atoms with van der Waals surface area (Å²) >= 11 is 0. The number of nitrogens with zero attached hydrogens (tertiary/aromatic N) is 1. The predicted octanol–water partition coefficient (Wildman–Crippen LogP) is 3.84. The molecule has 0 bridgehead atoms. The van der Waals surface area contributed by atoms with Gasteiger partial charge in [-0.3, -0.25) is 4.79 Å². The summed E-state index contributed by atoms with van der Waals surface area (Å²) in [6.07, 6.45) is 0.888. The smallest absolute Gasteiger partial charge is 0.225 e. The van der Waals surface area contributed by atoms with E-state index >= 15 is 0 Å². The van der Waals surface area contributed by atoms with E-state index < -0.39 is 0 Å². The van der Waals surface area contributed by atoms with Gasteiger partial charge >= 0.3 is 0 Å². The zero-order chi connectivity index (χ0) is 13.8. The van der Waals surface area contributed by atoms with Gasteiger partial charge in [-0.15, -0.1) is 0 Å². The molecule has 0 radical (unpaired) electrons. The minimum Gasteiger partial charge on any atom is -0.341 e. The number of amides is 1. The first-order valence-electron chi connectivity index (χ1n) is 6.85. The van der Waals surface area contributed by atoms with Crippen LogP contribution in [-0.4, -0.2) is 17.9 Å². The van der Waals surface area contributed by atoms with Gasteiger partial charge in [0.25, 0.3) is 0 Å². The quantitative estimate of drug-likeness (QED) is 0.812. The fourth-order valence-electron chi connectivity index (χ4n) is 2.31. The summed E-state index contributed by atoms with van der Waals surface area (Å²) in [7, 11) is 1.89. The lowest BCUT2D eigenvalue weighted by Gasteiger charge is -2.21. The zero-order valence-electron chi connectivity index (χ0n) is 11.9. The second kappa shape index (κ2) is 5.87. The van der Waals surface area contributed by atoms with E-state index in [0.717, 1.165) is 6.42 Å². The van der Waals surface area contributed by atoms with Crippen LogP contribution >= 0.6 is 0 Å². The van der Waals surface area contributed by atoms with Gasteiger partial charge in [0.15, 0.2) is 0 Å². The number of benzene rings is 2. The van der Waals surface area contributed by atoms with Crippen LogP contribution in [0.3, 0.4) is 0 Å². The van der Waals surface area contributed by atoms with E-state index in [1.807, 2.05) is 37.9 Å². The molecule has 0 saturated heterocycles. The number of carbonyl (C=O) groups excluding carboxylic acids is 1. The standard InChI is InChI=1S/C17H21NO/c1-4-13(2)17(19)18(3)12-15-10-7-9-14-8-5-6-11-16(14)15/h5-11,13H,4,12H2,1-3H3. The van der Waals surface area contributed by atoms with Gasteiger partial charge in [-0.1, -0.05) is 56.3 Å². The van der Waals surface area contributed by atoms with Crippen LogP contribution in [0.2, 0.25) is 0 Å². The molecule has 2 aromatic carbocycles. The molecule has 0 spiro atoms. The van der Waals surface area contributed by atoms with Crippen LogP contribution in [-0.2, 0) is 11.3 Å².